The van der Waals surface area contributed by atoms with Gasteiger partial charge in [-0.25, -0.2) is 0 Å². The number of rotatable bonds is 3. The molecule has 0 aliphatic carbocycles. The molecule has 0 spiro atoms. The number of benzene rings is 2. The zero-order valence-corrected chi connectivity index (χ0v) is 10.4. The molecule has 2 aromatic carbocycles. The highest BCUT2D eigenvalue weighted by atomic mass is 16.5. The summed E-state index contributed by atoms with van der Waals surface area (Å²) in [6, 6.07) is 15.4. The Kier molecular flexibility index (Phi) is 3.31. The van der Waals surface area contributed by atoms with E-state index in [1.807, 2.05) is 0 Å². The number of hydrogen-bond acceptors (Lipinski definition) is 2. The molecule has 0 saturated carbocycles. The summed E-state index contributed by atoms with van der Waals surface area (Å²) in [5, 5.41) is 13.7. The molecule has 2 heteroatoms. The molecular weight excluding hydrogens is 222 g/mol. The van der Waals surface area contributed by atoms with E-state index in [0.717, 1.165) is 19.3 Å². The summed E-state index contributed by atoms with van der Waals surface area (Å²) in [6.07, 6.45) is 5.20. The molecule has 1 atom stereocenters. The van der Waals surface area contributed by atoms with Crippen LogP contribution in [0.25, 0.3) is 10.8 Å². The first-order chi connectivity index (χ1) is 8.83. The molecule has 0 aromatic heterocycles. The zero-order valence-electron chi connectivity index (χ0n) is 10.4. The molecule has 1 unspecified atom stereocenters. The van der Waals surface area contributed by atoms with E-state index in [0.29, 0.717) is 12.6 Å². The monoisotopic (exact) mass is 240 g/mol. The molecule has 93 valence electrons. The standard InChI is InChI=1S/C16H18NO/c18-17-11-3-6-16(17)10-8-13-7-9-14-4-1-2-5-15(14)12-13/h1-5,7,9,12,16,18H,6,8,10-11H2. The van der Waals surface area contributed by atoms with Gasteiger partial charge in [-0.1, -0.05) is 42.5 Å². The summed E-state index contributed by atoms with van der Waals surface area (Å²) in [5.74, 6) is 0. The second-order valence-electron chi connectivity index (χ2n) is 5.02. The topological polar surface area (TPSA) is 23.5 Å². The van der Waals surface area contributed by atoms with Gasteiger partial charge in [0.2, 0.25) is 0 Å². The highest BCUT2D eigenvalue weighted by Gasteiger charge is 2.22. The van der Waals surface area contributed by atoms with Gasteiger partial charge in [0.05, 0.1) is 0 Å². The third kappa shape index (κ3) is 2.40. The van der Waals surface area contributed by atoms with E-state index in [1.54, 1.807) is 0 Å². The van der Waals surface area contributed by atoms with Gasteiger partial charge in [0.1, 0.15) is 0 Å². The lowest BCUT2D eigenvalue weighted by Gasteiger charge is -2.17. The Balaban J connectivity index is 1.71. The summed E-state index contributed by atoms with van der Waals surface area (Å²) >= 11 is 0. The quantitative estimate of drug-likeness (QED) is 0.888. The van der Waals surface area contributed by atoms with E-state index in [-0.39, 0.29) is 0 Å². The highest BCUT2D eigenvalue weighted by molar-refractivity contribution is 5.82. The number of hydroxylamine groups is 2. The molecule has 2 aromatic rings. The van der Waals surface area contributed by atoms with Crippen LogP contribution >= 0.6 is 0 Å². The van der Waals surface area contributed by atoms with Crippen molar-refractivity contribution in [1.29, 1.82) is 0 Å². The largest absolute Gasteiger partial charge is 0.314 e. The lowest BCUT2D eigenvalue weighted by Crippen LogP contribution is -2.25. The zero-order chi connectivity index (χ0) is 12.4. The van der Waals surface area contributed by atoms with Gasteiger partial charge < -0.3 is 5.21 Å². The van der Waals surface area contributed by atoms with Crippen molar-refractivity contribution >= 4 is 10.8 Å². The van der Waals surface area contributed by atoms with Gasteiger partial charge in [-0.2, -0.15) is 5.06 Å². The van der Waals surface area contributed by atoms with Crippen LogP contribution in [0, 0.1) is 6.42 Å². The molecule has 1 radical (unpaired) electrons. The van der Waals surface area contributed by atoms with Gasteiger partial charge in [-0.15, -0.1) is 0 Å². The van der Waals surface area contributed by atoms with Crippen LogP contribution in [-0.4, -0.2) is 22.9 Å². The molecule has 2 nitrogen and oxygen atoms in total. The number of fused-ring (bicyclic) bond motifs is 1. The Labute approximate surface area is 108 Å². The van der Waals surface area contributed by atoms with E-state index in [1.165, 1.54) is 21.4 Å². The Bertz CT molecular complexity index is 537. The SMILES string of the molecule is ON1C[CH]CC1CCc1ccc2ccccc2c1. The number of nitrogens with zero attached hydrogens (tertiary/aromatic N) is 1. The van der Waals surface area contributed by atoms with Crippen molar-refractivity contribution in [3.8, 4) is 0 Å². The fourth-order valence-corrected chi connectivity index (χ4v) is 2.66. The summed E-state index contributed by atoms with van der Waals surface area (Å²) in [5.41, 5.74) is 1.36. The lowest BCUT2D eigenvalue weighted by molar-refractivity contribution is -0.102. The molecule has 1 fully saturated rings. The van der Waals surface area contributed by atoms with Crippen LogP contribution in [-0.2, 0) is 6.42 Å². The first-order valence-corrected chi connectivity index (χ1v) is 6.58. The molecule has 0 amide bonds. The van der Waals surface area contributed by atoms with Crippen LogP contribution in [0.4, 0.5) is 0 Å². The highest BCUT2D eigenvalue weighted by Crippen LogP contribution is 2.21. The van der Waals surface area contributed by atoms with E-state index < -0.39 is 0 Å². The van der Waals surface area contributed by atoms with Crippen molar-refractivity contribution in [2.24, 2.45) is 0 Å². The van der Waals surface area contributed by atoms with E-state index in [4.69, 9.17) is 0 Å². The van der Waals surface area contributed by atoms with Crippen LogP contribution in [0.15, 0.2) is 42.5 Å². The smallest absolute Gasteiger partial charge is 0.0356 e. The van der Waals surface area contributed by atoms with E-state index in [2.05, 4.69) is 48.9 Å². The Morgan fingerprint density at radius 2 is 1.94 bits per heavy atom. The van der Waals surface area contributed by atoms with Gasteiger partial charge in [-0.3, -0.25) is 0 Å². The Hall–Kier alpha value is -1.38. The van der Waals surface area contributed by atoms with Crippen LogP contribution < -0.4 is 0 Å². The summed E-state index contributed by atoms with van der Waals surface area (Å²) in [7, 11) is 0. The molecule has 1 heterocycles. The third-order valence-electron chi connectivity index (χ3n) is 3.76. The Morgan fingerprint density at radius 1 is 1.11 bits per heavy atom. The first-order valence-electron chi connectivity index (χ1n) is 6.58. The molecule has 18 heavy (non-hydrogen) atoms. The average molecular weight is 240 g/mol. The number of hydrogen-bond donors (Lipinski definition) is 1. The molecule has 1 saturated heterocycles. The van der Waals surface area contributed by atoms with Crippen molar-refractivity contribution in [3.05, 3.63) is 54.4 Å². The van der Waals surface area contributed by atoms with Crippen LogP contribution in [0.1, 0.15) is 18.4 Å². The minimum atomic E-state index is 0.302. The maximum Gasteiger partial charge on any atom is 0.0356 e. The Morgan fingerprint density at radius 3 is 2.72 bits per heavy atom. The minimum absolute atomic E-state index is 0.302. The van der Waals surface area contributed by atoms with E-state index in [9.17, 15) is 5.21 Å². The van der Waals surface area contributed by atoms with Gasteiger partial charge in [-0.05, 0) is 42.0 Å². The number of aryl methyl sites for hydroxylation is 1. The third-order valence-corrected chi connectivity index (χ3v) is 3.76. The molecule has 1 aliphatic rings. The van der Waals surface area contributed by atoms with Crippen LogP contribution in [0.5, 0.6) is 0 Å². The first kappa shape index (κ1) is 11.7. The van der Waals surface area contributed by atoms with Crippen molar-refractivity contribution in [2.75, 3.05) is 6.54 Å². The fraction of sp³-hybridized carbons (Fsp3) is 0.312. The lowest BCUT2D eigenvalue weighted by atomic mass is 10.0. The van der Waals surface area contributed by atoms with Crippen LogP contribution in [0.2, 0.25) is 0 Å². The summed E-state index contributed by atoms with van der Waals surface area (Å²) in [6.45, 7) is 0.711. The summed E-state index contributed by atoms with van der Waals surface area (Å²) in [4.78, 5) is 0. The predicted molar refractivity (Wildman–Crippen MR) is 73.5 cm³/mol. The molecule has 1 aliphatic heterocycles. The van der Waals surface area contributed by atoms with Crippen LogP contribution in [0.3, 0.4) is 0 Å². The fourth-order valence-electron chi connectivity index (χ4n) is 2.66. The maximum absolute atomic E-state index is 9.64. The second kappa shape index (κ2) is 5.09. The van der Waals surface area contributed by atoms with Crippen molar-refractivity contribution in [3.63, 3.8) is 0 Å². The van der Waals surface area contributed by atoms with Crippen molar-refractivity contribution in [2.45, 2.75) is 25.3 Å². The normalized spacial score (nSPS) is 20.6. The van der Waals surface area contributed by atoms with E-state index >= 15 is 0 Å². The maximum atomic E-state index is 9.64. The molecule has 1 N–H and O–H groups in total. The second-order valence-corrected chi connectivity index (χ2v) is 5.02. The molecular formula is C16H18NO. The minimum Gasteiger partial charge on any atom is -0.314 e. The predicted octanol–water partition coefficient (Wildman–Crippen LogP) is 3.44. The average Bonchev–Trinajstić information content (AvgIpc) is 2.82. The van der Waals surface area contributed by atoms with Gasteiger partial charge in [0.25, 0.3) is 0 Å². The molecule has 3 rings (SSSR count). The van der Waals surface area contributed by atoms with Gasteiger partial charge in [0.15, 0.2) is 0 Å². The van der Waals surface area contributed by atoms with Gasteiger partial charge in [0, 0.05) is 12.6 Å². The van der Waals surface area contributed by atoms with Gasteiger partial charge >= 0.3 is 0 Å². The van der Waals surface area contributed by atoms with Crippen molar-refractivity contribution < 1.29 is 5.21 Å². The summed E-state index contributed by atoms with van der Waals surface area (Å²) < 4.78 is 0. The molecule has 0 bridgehead atoms. The van der Waals surface area contributed by atoms with Crippen molar-refractivity contribution in [1.82, 2.24) is 5.06 Å².